The van der Waals surface area contributed by atoms with Crippen LogP contribution in [-0.2, 0) is 0 Å². The first kappa shape index (κ1) is 13.2. The molecular formula is C14H22N2O2. The monoisotopic (exact) mass is 250 g/mol. The van der Waals surface area contributed by atoms with Crippen LogP contribution < -0.4 is 15.0 Å². The molecule has 0 aliphatic carbocycles. The molecule has 1 unspecified atom stereocenters. The standard InChI is InChI=1S/C14H22N2O2/c1-12(10-17)11-18-14-4-2-13(3-5-14)16-8-6-15-7-9-16/h2-5,12,15,17H,6-11H2,1H3. The molecule has 0 spiro atoms. The smallest absolute Gasteiger partial charge is 0.119 e. The molecule has 1 fully saturated rings. The predicted octanol–water partition coefficient (Wildman–Crippen LogP) is 1.10. The van der Waals surface area contributed by atoms with Gasteiger partial charge in [0.15, 0.2) is 0 Å². The number of ether oxygens (including phenoxy) is 1. The number of piperazine rings is 1. The van der Waals surface area contributed by atoms with Gasteiger partial charge >= 0.3 is 0 Å². The Kier molecular flexibility index (Phi) is 4.84. The van der Waals surface area contributed by atoms with Gasteiger partial charge in [-0.2, -0.15) is 0 Å². The van der Waals surface area contributed by atoms with Crippen LogP contribution in [0.1, 0.15) is 6.92 Å². The summed E-state index contributed by atoms with van der Waals surface area (Å²) < 4.78 is 5.61. The van der Waals surface area contributed by atoms with Crippen LogP contribution in [0.4, 0.5) is 5.69 Å². The summed E-state index contributed by atoms with van der Waals surface area (Å²) in [5.74, 6) is 1.05. The minimum absolute atomic E-state index is 0.166. The largest absolute Gasteiger partial charge is 0.493 e. The van der Waals surface area contributed by atoms with Crippen molar-refractivity contribution in [3.05, 3.63) is 24.3 Å². The maximum absolute atomic E-state index is 8.93. The van der Waals surface area contributed by atoms with Crippen molar-refractivity contribution in [1.82, 2.24) is 5.32 Å². The van der Waals surface area contributed by atoms with Gasteiger partial charge in [0.05, 0.1) is 6.61 Å². The first-order valence-electron chi connectivity index (χ1n) is 6.59. The fraction of sp³-hybridized carbons (Fsp3) is 0.571. The number of aliphatic hydroxyl groups is 1. The van der Waals surface area contributed by atoms with Crippen molar-refractivity contribution >= 4 is 5.69 Å². The zero-order valence-corrected chi connectivity index (χ0v) is 10.9. The highest BCUT2D eigenvalue weighted by molar-refractivity contribution is 5.49. The van der Waals surface area contributed by atoms with E-state index in [4.69, 9.17) is 9.84 Å². The van der Waals surface area contributed by atoms with E-state index < -0.39 is 0 Å². The lowest BCUT2D eigenvalue weighted by Crippen LogP contribution is -2.43. The highest BCUT2D eigenvalue weighted by Crippen LogP contribution is 2.20. The topological polar surface area (TPSA) is 44.7 Å². The van der Waals surface area contributed by atoms with Crippen molar-refractivity contribution in [2.45, 2.75) is 6.92 Å². The summed E-state index contributed by atoms with van der Waals surface area (Å²) >= 11 is 0. The second kappa shape index (κ2) is 6.61. The van der Waals surface area contributed by atoms with E-state index in [9.17, 15) is 0 Å². The molecule has 4 nitrogen and oxygen atoms in total. The van der Waals surface area contributed by atoms with Crippen molar-refractivity contribution in [2.24, 2.45) is 5.92 Å². The SMILES string of the molecule is CC(CO)COc1ccc(N2CCNCC2)cc1. The molecule has 0 radical (unpaired) electrons. The summed E-state index contributed by atoms with van der Waals surface area (Å²) in [5.41, 5.74) is 1.25. The molecule has 1 aliphatic heterocycles. The third kappa shape index (κ3) is 3.62. The lowest BCUT2D eigenvalue weighted by atomic mass is 10.2. The Morgan fingerprint density at radius 1 is 1.28 bits per heavy atom. The van der Waals surface area contributed by atoms with Crippen LogP contribution in [0.5, 0.6) is 5.75 Å². The highest BCUT2D eigenvalue weighted by atomic mass is 16.5. The Bertz CT molecular complexity index is 347. The van der Waals surface area contributed by atoms with Gasteiger partial charge in [-0.3, -0.25) is 0 Å². The van der Waals surface area contributed by atoms with E-state index in [2.05, 4.69) is 22.3 Å². The maximum atomic E-state index is 8.93. The quantitative estimate of drug-likeness (QED) is 0.821. The molecule has 1 heterocycles. The van der Waals surface area contributed by atoms with Crippen LogP contribution in [0, 0.1) is 5.92 Å². The lowest BCUT2D eigenvalue weighted by Gasteiger charge is -2.29. The van der Waals surface area contributed by atoms with Crippen LogP contribution in [0.3, 0.4) is 0 Å². The molecule has 0 amide bonds. The summed E-state index contributed by atoms with van der Waals surface area (Å²) in [5, 5.41) is 12.3. The zero-order valence-electron chi connectivity index (χ0n) is 10.9. The number of rotatable bonds is 5. The van der Waals surface area contributed by atoms with E-state index in [1.807, 2.05) is 19.1 Å². The van der Waals surface area contributed by atoms with Crippen LogP contribution in [-0.4, -0.2) is 44.5 Å². The Hall–Kier alpha value is -1.26. The normalized spacial score (nSPS) is 17.6. The molecule has 4 heteroatoms. The van der Waals surface area contributed by atoms with Gasteiger partial charge in [0, 0.05) is 44.4 Å². The average Bonchev–Trinajstić information content (AvgIpc) is 2.46. The number of hydrogen-bond donors (Lipinski definition) is 2. The molecule has 0 saturated carbocycles. The molecule has 1 aromatic carbocycles. The summed E-state index contributed by atoms with van der Waals surface area (Å²) in [6, 6.07) is 8.21. The third-order valence-electron chi connectivity index (χ3n) is 3.17. The van der Waals surface area contributed by atoms with Crippen molar-refractivity contribution in [1.29, 1.82) is 0 Å². The van der Waals surface area contributed by atoms with Gasteiger partial charge in [-0.15, -0.1) is 0 Å². The fourth-order valence-corrected chi connectivity index (χ4v) is 1.97. The molecule has 0 bridgehead atoms. The Morgan fingerprint density at radius 3 is 2.56 bits per heavy atom. The predicted molar refractivity (Wildman–Crippen MR) is 73.3 cm³/mol. The number of benzene rings is 1. The summed E-state index contributed by atoms with van der Waals surface area (Å²) in [6.45, 7) is 6.90. The molecule has 1 aromatic rings. The van der Waals surface area contributed by atoms with Gasteiger partial charge in [-0.1, -0.05) is 6.92 Å². The molecular weight excluding hydrogens is 228 g/mol. The van der Waals surface area contributed by atoms with Crippen molar-refractivity contribution < 1.29 is 9.84 Å². The summed E-state index contributed by atoms with van der Waals surface area (Å²) in [4.78, 5) is 2.37. The minimum atomic E-state index is 0.166. The molecule has 2 N–H and O–H groups in total. The number of anilines is 1. The van der Waals surface area contributed by atoms with Crippen LogP contribution in [0.25, 0.3) is 0 Å². The number of aliphatic hydroxyl groups excluding tert-OH is 1. The molecule has 1 atom stereocenters. The van der Waals surface area contributed by atoms with E-state index in [1.54, 1.807) is 0 Å². The van der Waals surface area contributed by atoms with Gasteiger partial charge in [-0.25, -0.2) is 0 Å². The third-order valence-corrected chi connectivity index (χ3v) is 3.17. The molecule has 0 aromatic heterocycles. The van der Waals surface area contributed by atoms with Gasteiger partial charge in [0.25, 0.3) is 0 Å². The van der Waals surface area contributed by atoms with Gasteiger partial charge < -0.3 is 20.1 Å². The molecule has 18 heavy (non-hydrogen) atoms. The van der Waals surface area contributed by atoms with Crippen molar-refractivity contribution in [3.8, 4) is 5.75 Å². The zero-order chi connectivity index (χ0) is 12.8. The maximum Gasteiger partial charge on any atom is 0.119 e. The first-order chi connectivity index (χ1) is 8.79. The van der Waals surface area contributed by atoms with E-state index in [1.165, 1.54) is 5.69 Å². The van der Waals surface area contributed by atoms with Crippen molar-refractivity contribution in [2.75, 3.05) is 44.3 Å². The summed E-state index contributed by atoms with van der Waals surface area (Å²) in [6.07, 6.45) is 0. The van der Waals surface area contributed by atoms with E-state index >= 15 is 0 Å². The number of nitrogens with zero attached hydrogens (tertiary/aromatic N) is 1. The summed E-state index contributed by atoms with van der Waals surface area (Å²) in [7, 11) is 0. The van der Waals surface area contributed by atoms with Gasteiger partial charge in [0.1, 0.15) is 5.75 Å². The first-order valence-corrected chi connectivity index (χ1v) is 6.59. The van der Waals surface area contributed by atoms with Crippen LogP contribution in [0.2, 0.25) is 0 Å². The molecule has 1 saturated heterocycles. The van der Waals surface area contributed by atoms with Gasteiger partial charge in [-0.05, 0) is 24.3 Å². The van der Waals surface area contributed by atoms with E-state index in [0.29, 0.717) is 6.61 Å². The van der Waals surface area contributed by atoms with Crippen LogP contribution >= 0.6 is 0 Å². The molecule has 100 valence electrons. The fourth-order valence-electron chi connectivity index (χ4n) is 1.97. The Morgan fingerprint density at radius 2 is 1.94 bits per heavy atom. The van der Waals surface area contributed by atoms with Crippen molar-refractivity contribution in [3.63, 3.8) is 0 Å². The Labute approximate surface area is 109 Å². The number of hydrogen-bond acceptors (Lipinski definition) is 4. The second-order valence-corrected chi connectivity index (χ2v) is 4.83. The van der Waals surface area contributed by atoms with Crippen LogP contribution in [0.15, 0.2) is 24.3 Å². The van der Waals surface area contributed by atoms with E-state index in [-0.39, 0.29) is 12.5 Å². The Balaban J connectivity index is 1.88. The minimum Gasteiger partial charge on any atom is -0.493 e. The average molecular weight is 250 g/mol. The lowest BCUT2D eigenvalue weighted by molar-refractivity contribution is 0.174. The molecule has 1 aliphatic rings. The second-order valence-electron chi connectivity index (χ2n) is 4.83. The highest BCUT2D eigenvalue weighted by Gasteiger charge is 2.10. The van der Waals surface area contributed by atoms with E-state index in [0.717, 1.165) is 31.9 Å². The van der Waals surface area contributed by atoms with Gasteiger partial charge in [0.2, 0.25) is 0 Å². The number of nitrogens with one attached hydrogen (secondary N) is 1. The molecule has 2 rings (SSSR count).